The van der Waals surface area contributed by atoms with Gasteiger partial charge in [-0.1, -0.05) is 26.8 Å². The second kappa shape index (κ2) is 5.00. The van der Waals surface area contributed by atoms with Crippen LogP contribution in [0.25, 0.3) is 0 Å². The summed E-state index contributed by atoms with van der Waals surface area (Å²) in [5.74, 6) is -0.0560. The summed E-state index contributed by atoms with van der Waals surface area (Å²) in [6, 6.07) is 0. The van der Waals surface area contributed by atoms with E-state index in [1.54, 1.807) is 6.08 Å². The summed E-state index contributed by atoms with van der Waals surface area (Å²) in [6.45, 7) is 5.65. The topological polar surface area (TPSA) is 77.8 Å². The number of rotatable bonds is 2. The highest BCUT2D eigenvalue weighted by Crippen LogP contribution is 2.52. The lowest BCUT2D eigenvalue weighted by molar-refractivity contribution is -0.135. The van der Waals surface area contributed by atoms with Crippen LogP contribution in [0.2, 0.25) is 0 Å². The van der Waals surface area contributed by atoms with Gasteiger partial charge in [0.1, 0.15) is 0 Å². The molecule has 0 aliphatic heterocycles. The van der Waals surface area contributed by atoms with Gasteiger partial charge in [0.25, 0.3) is 0 Å². The zero-order chi connectivity index (χ0) is 14.4. The van der Waals surface area contributed by atoms with Gasteiger partial charge >= 0.3 is 0 Å². The first kappa shape index (κ1) is 14.7. The van der Waals surface area contributed by atoms with Gasteiger partial charge in [-0.15, -0.1) is 0 Å². The smallest absolute Gasteiger partial charge is 0.161 e. The summed E-state index contributed by atoms with van der Waals surface area (Å²) in [5.41, 5.74) is -0.329. The molecular formula is C15H24O4. The SMILES string of the molecule is CC(C)[C@@H]1C[C@H](O)[C@@H](C)[C@@]2(C=C(CO)C(=O)C2)[C@@H]1O. The van der Waals surface area contributed by atoms with Gasteiger partial charge in [-0.3, -0.25) is 4.79 Å². The molecule has 2 rings (SSSR count). The Bertz CT molecular complexity index is 401. The molecule has 0 unspecified atom stereocenters. The van der Waals surface area contributed by atoms with Crippen LogP contribution >= 0.6 is 0 Å². The molecule has 4 heteroatoms. The number of aliphatic hydroxyl groups is 3. The first-order chi connectivity index (χ1) is 8.83. The second-order valence-electron chi connectivity index (χ2n) is 6.48. The van der Waals surface area contributed by atoms with Gasteiger partial charge < -0.3 is 15.3 Å². The Morgan fingerprint density at radius 1 is 1.42 bits per heavy atom. The van der Waals surface area contributed by atoms with E-state index in [4.69, 9.17) is 0 Å². The fraction of sp³-hybridized carbons (Fsp3) is 0.800. The average Bonchev–Trinajstić information content (AvgIpc) is 2.70. The Kier molecular flexibility index (Phi) is 3.87. The quantitative estimate of drug-likeness (QED) is 0.695. The first-order valence-electron chi connectivity index (χ1n) is 7.05. The van der Waals surface area contributed by atoms with E-state index >= 15 is 0 Å². The van der Waals surface area contributed by atoms with Crippen molar-refractivity contribution < 1.29 is 20.1 Å². The van der Waals surface area contributed by atoms with Crippen LogP contribution < -0.4 is 0 Å². The maximum Gasteiger partial charge on any atom is 0.161 e. The Morgan fingerprint density at radius 2 is 2.05 bits per heavy atom. The summed E-state index contributed by atoms with van der Waals surface area (Å²) in [4.78, 5) is 11.9. The lowest BCUT2D eigenvalue weighted by Gasteiger charge is -2.50. The van der Waals surface area contributed by atoms with Gasteiger partial charge in [0.2, 0.25) is 0 Å². The lowest BCUT2D eigenvalue weighted by atomic mass is 9.58. The van der Waals surface area contributed by atoms with Crippen LogP contribution in [0.5, 0.6) is 0 Å². The van der Waals surface area contributed by atoms with Crippen LogP contribution in [0.15, 0.2) is 11.6 Å². The number of carbonyl (C=O) groups is 1. The van der Waals surface area contributed by atoms with E-state index in [0.29, 0.717) is 12.0 Å². The van der Waals surface area contributed by atoms with E-state index in [0.717, 1.165) is 0 Å². The monoisotopic (exact) mass is 268 g/mol. The van der Waals surface area contributed by atoms with E-state index < -0.39 is 17.6 Å². The number of ketones is 1. The normalized spacial score (nSPS) is 43.1. The van der Waals surface area contributed by atoms with Gasteiger partial charge in [-0.25, -0.2) is 0 Å². The van der Waals surface area contributed by atoms with Crippen molar-refractivity contribution in [1.29, 1.82) is 0 Å². The molecule has 5 atom stereocenters. The van der Waals surface area contributed by atoms with E-state index in [9.17, 15) is 20.1 Å². The largest absolute Gasteiger partial charge is 0.393 e. The van der Waals surface area contributed by atoms with Crippen molar-refractivity contribution in [2.24, 2.45) is 23.2 Å². The summed E-state index contributed by atoms with van der Waals surface area (Å²) in [6.07, 6.45) is 1.34. The molecule has 0 amide bonds. The molecule has 0 radical (unpaired) electrons. The fourth-order valence-corrected chi connectivity index (χ4v) is 3.74. The zero-order valence-electron chi connectivity index (χ0n) is 11.8. The number of Topliss-reactive ketones (excluding diaryl/α,β-unsaturated/α-hetero) is 1. The molecule has 0 saturated heterocycles. The predicted molar refractivity (Wildman–Crippen MR) is 71.3 cm³/mol. The van der Waals surface area contributed by atoms with Gasteiger partial charge in [-0.2, -0.15) is 0 Å². The third kappa shape index (κ3) is 2.16. The molecule has 2 aliphatic carbocycles. The highest BCUT2D eigenvalue weighted by Gasteiger charge is 2.55. The molecule has 0 aromatic rings. The summed E-state index contributed by atoms with van der Waals surface area (Å²) in [7, 11) is 0. The van der Waals surface area contributed by atoms with Crippen molar-refractivity contribution in [1.82, 2.24) is 0 Å². The molecule has 4 nitrogen and oxygen atoms in total. The highest BCUT2D eigenvalue weighted by atomic mass is 16.3. The van der Waals surface area contributed by atoms with E-state index in [1.165, 1.54) is 0 Å². The molecule has 1 fully saturated rings. The minimum atomic E-state index is -0.707. The second-order valence-corrected chi connectivity index (χ2v) is 6.48. The van der Waals surface area contributed by atoms with Crippen LogP contribution in [0.1, 0.15) is 33.6 Å². The number of hydrogen-bond donors (Lipinski definition) is 3. The predicted octanol–water partition coefficient (Wildman–Crippen LogP) is 0.898. The van der Waals surface area contributed by atoms with Crippen molar-refractivity contribution in [2.75, 3.05) is 6.61 Å². The fourth-order valence-electron chi connectivity index (χ4n) is 3.74. The van der Waals surface area contributed by atoms with Crippen molar-refractivity contribution in [3.05, 3.63) is 11.6 Å². The van der Waals surface area contributed by atoms with Crippen molar-refractivity contribution in [3.63, 3.8) is 0 Å². The lowest BCUT2D eigenvalue weighted by Crippen LogP contribution is -2.53. The summed E-state index contributed by atoms with van der Waals surface area (Å²) >= 11 is 0. The first-order valence-corrected chi connectivity index (χ1v) is 7.05. The molecular weight excluding hydrogens is 244 g/mol. The number of aliphatic hydroxyl groups excluding tert-OH is 3. The molecule has 0 aromatic carbocycles. The summed E-state index contributed by atoms with van der Waals surface area (Å²) in [5, 5.41) is 30.2. The van der Waals surface area contributed by atoms with Gasteiger partial charge in [0.05, 0.1) is 18.8 Å². The Balaban J connectivity index is 2.41. The number of carbonyl (C=O) groups excluding carboxylic acids is 1. The Morgan fingerprint density at radius 3 is 2.53 bits per heavy atom. The zero-order valence-corrected chi connectivity index (χ0v) is 11.8. The van der Waals surface area contributed by atoms with Crippen molar-refractivity contribution in [3.8, 4) is 0 Å². The van der Waals surface area contributed by atoms with E-state index in [2.05, 4.69) is 0 Å². The molecule has 108 valence electrons. The van der Waals surface area contributed by atoms with E-state index in [-0.39, 0.29) is 36.6 Å². The molecule has 0 aromatic heterocycles. The molecule has 1 spiro atoms. The third-order valence-electron chi connectivity index (χ3n) is 5.19. The van der Waals surface area contributed by atoms with Crippen molar-refractivity contribution in [2.45, 2.75) is 45.8 Å². The van der Waals surface area contributed by atoms with Crippen LogP contribution in [-0.2, 0) is 4.79 Å². The van der Waals surface area contributed by atoms with Crippen molar-refractivity contribution >= 4 is 5.78 Å². The van der Waals surface area contributed by atoms with Crippen LogP contribution in [0.4, 0.5) is 0 Å². The van der Waals surface area contributed by atoms with E-state index in [1.807, 2.05) is 20.8 Å². The Labute approximate surface area is 114 Å². The average molecular weight is 268 g/mol. The van der Waals surface area contributed by atoms with Crippen LogP contribution in [-0.4, -0.2) is 39.9 Å². The van der Waals surface area contributed by atoms with Crippen LogP contribution in [0.3, 0.4) is 0 Å². The molecule has 0 heterocycles. The van der Waals surface area contributed by atoms with Gasteiger partial charge in [0, 0.05) is 17.4 Å². The Hall–Kier alpha value is -0.710. The molecule has 19 heavy (non-hydrogen) atoms. The molecule has 0 bridgehead atoms. The van der Waals surface area contributed by atoms with Gasteiger partial charge in [0.15, 0.2) is 5.78 Å². The molecule has 3 N–H and O–H groups in total. The standard InChI is InChI=1S/C15H24O4/c1-8(2)11-4-12(17)9(3)15(14(11)19)5-10(7-16)13(18)6-15/h5,8-9,11-12,14,16-17,19H,4,6-7H2,1-3H3/t9-,11+,12+,14-,15+/m1/s1. The summed E-state index contributed by atoms with van der Waals surface area (Å²) < 4.78 is 0. The molecule has 1 saturated carbocycles. The maximum atomic E-state index is 11.9. The van der Waals surface area contributed by atoms with Crippen LogP contribution in [0, 0.1) is 23.2 Å². The van der Waals surface area contributed by atoms with Gasteiger partial charge in [-0.05, 0) is 24.2 Å². The minimum Gasteiger partial charge on any atom is -0.393 e. The maximum absolute atomic E-state index is 11.9. The minimum absolute atomic E-state index is 0.0201. The molecule has 2 aliphatic rings. The number of hydrogen-bond acceptors (Lipinski definition) is 4. The highest BCUT2D eigenvalue weighted by molar-refractivity contribution is 5.99. The third-order valence-corrected chi connectivity index (χ3v) is 5.19.